The van der Waals surface area contributed by atoms with Crippen LogP contribution < -0.4 is 0 Å². The number of benzene rings is 1. The summed E-state index contributed by atoms with van der Waals surface area (Å²) in [7, 11) is 2.07. The second-order valence-electron chi connectivity index (χ2n) is 6.83. The van der Waals surface area contributed by atoms with Gasteiger partial charge >= 0.3 is 0 Å². The van der Waals surface area contributed by atoms with Gasteiger partial charge in [-0.3, -0.25) is 4.90 Å². The fraction of sp³-hybridized carbons (Fsp3) is 0.471. The molecular weight excluding hydrogens is 324 g/mol. The van der Waals surface area contributed by atoms with E-state index in [-0.39, 0.29) is 0 Å². The van der Waals surface area contributed by atoms with Crippen LogP contribution in [0.2, 0.25) is 5.02 Å². The van der Waals surface area contributed by atoms with Crippen LogP contribution in [0.25, 0.3) is 11.0 Å². The molecular formula is C17H19ClN6. The van der Waals surface area contributed by atoms with Crippen molar-refractivity contribution in [1.29, 1.82) is 0 Å². The van der Waals surface area contributed by atoms with Crippen molar-refractivity contribution in [2.45, 2.75) is 38.4 Å². The Morgan fingerprint density at radius 2 is 2.08 bits per heavy atom. The molecule has 1 aromatic carbocycles. The van der Waals surface area contributed by atoms with Crippen molar-refractivity contribution < 1.29 is 0 Å². The van der Waals surface area contributed by atoms with Crippen LogP contribution in [0.5, 0.6) is 0 Å². The lowest BCUT2D eigenvalue weighted by Gasteiger charge is -2.27. The lowest BCUT2D eigenvalue weighted by molar-refractivity contribution is 0.201. The molecule has 0 spiro atoms. The summed E-state index contributed by atoms with van der Waals surface area (Å²) >= 11 is 6.08. The van der Waals surface area contributed by atoms with E-state index in [0.29, 0.717) is 5.92 Å². The molecule has 1 aliphatic carbocycles. The zero-order chi connectivity index (χ0) is 16.3. The molecule has 0 unspecified atom stereocenters. The Morgan fingerprint density at radius 3 is 2.92 bits per heavy atom. The van der Waals surface area contributed by atoms with E-state index in [1.54, 1.807) is 0 Å². The smallest absolute Gasteiger partial charge is 0.147 e. The van der Waals surface area contributed by atoms with Crippen molar-refractivity contribution in [2.24, 2.45) is 7.05 Å². The van der Waals surface area contributed by atoms with E-state index < -0.39 is 0 Å². The van der Waals surface area contributed by atoms with Gasteiger partial charge in [-0.1, -0.05) is 11.6 Å². The van der Waals surface area contributed by atoms with E-state index in [4.69, 9.17) is 16.6 Å². The van der Waals surface area contributed by atoms with E-state index in [1.807, 2.05) is 18.2 Å². The molecule has 3 aromatic rings. The molecule has 124 valence electrons. The molecule has 2 aliphatic rings. The van der Waals surface area contributed by atoms with E-state index in [2.05, 4.69) is 31.3 Å². The first kappa shape index (κ1) is 14.4. The van der Waals surface area contributed by atoms with Gasteiger partial charge in [-0.25, -0.2) is 4.98 Å². The average molecular weight is 343 g/mol. The number of hydrogen-bond acceptors (Lipinski definition) is 4. The number of nitrogens with zero attached hydrogens (tertiary/aromatic N) is 6. The van der Waals surface area contributed by atoms with Crippen LogP contribution in [0.4, 0.5) is 0 Å². The topological polar surface area (TPSA) is 51.8 Å². The summed E-state index contributed by atoms with van der Waals surface area (Å²) in [4.78, 5) is 7.15. The molecule has 3 heterocycles. The van der Waals surface area contributed by atoms with Crippen molar-refractivity contribution in [3.8, 4) is 0 Å². The lowest BCUT2D eigenvalue weighted by atomic mass is 10.3. The first-order valence-electron chi connectivity index (χ1n) is 8.44. The van der Waals surface area contributed by atoms with Crippen molar-refractivity contribution in [3.05, 3.63) is 40.7 Å². The van der Waals surface area contributed by atoms with Crippen LogP contribution in [-0.4, -0.2) is 35.8 Å². The Kier molecular flexibility index (Phi) is 3.18. The standard InChI is InChI=1S/C17H19ClN6/c1-22-14-5-4-12(18)8-13(14)19-15(22)9-23-6-7-24-16(10-23)20-21-17(24)11-2-3-11/h4-5,8,11H,2-3,6-7,9-10H2,1H3. The normalized spacial score (nSPS) is 18.2. The first-order valence-corrected chi connectivity index (χ1v) is 8.82. The number of aryl methyl sites for hydroxylation is 1. The number of hydrogen-bond donors (Lipinski definition) is 0. The van der Waals surface area contributed by atoms with Gasteiger partial charge in [-0.05, 0) is 31.0 Å². The molecule has 0 radical (unpaired) electrons. The molecule has 0 N–H and O–H groups in total. The predicted molar refractivity (Wildman–Crippen MR) is 91.8 cm³/mol. The van der Waals surface area contributed by atoms with Crippen LogP contribution in [0.3, 0.4) is 0 Å². The highest BCUT2D eigenvalue weighted by atomic mass is 35.5. The summed E-state index contributed by atoms with van der Waals surface area (Å²) in [6, 6.07) is 5.87. The quantitative estimate of drug-likeness (QED) is 0.734. The average Bonchev–Trinajstić information content (AvgIpc) is 3.26. The highest BCUT2D eigenvalue weighted by Crippen LogP contribution is 2.39. The summed E-state index contributed by atoms with van der Waals surface area (Å²) in [5.41, 5.74) is 2.07. The number of imidazole rings is 1. The first-order chi connectivity index (χ1) is 11.7. The van der Waals surface area contributed by atoms with Crippen LogP contribution in [0, 0.1) is 0 Å². The monoisotopic (exact) mass is 342 g/mol. The maximum absolute atomic E-state index is 6.08. The maximum atomic E-state index is 6.08. The molecule has 5 rings (SSSR count). The highest BCUT2D eigenvalue weighted by molar-refractivity contribution is 6.31. The summed E-state index contributed by atoms with van der Waals surface area (Å²) < 4.78 is 4.48. The molecule has 7 heteroatoms. The van der Waals surface area contributed by atoms with E-state index in [9.17, 15) is 0 Å². The number of rotatable bonds is 3. The molecule has 24 heavy (non-hydrogen) atoms. The molecule has 0 saturated heterocycles. The van der Waals surface area contributed by atoms with Crippen molar-refractivity contribution >= 4 is 22.6 Å². The largest absolute Gasteiger partial charge is 0.330 e. The minimum absolute atomic E-state index is 0.655. The van der Waals surface area contributed by atoms with Crippen LogP contribution in [-0.2, 0) is 26.7 Å². The number of aromatic nitrogens is 5. The maximum Gasteiger partial charge on any atom is 0.147 e. The third-order valence-electron chi connectivity index (χ3n) is 5.10. The van der Waals surface area contributed by atoms with Crippen molar-refractivity contribution in [3.63, 3.8) is 0 Å². The molecule has 0 bridgehead atoms. The van der Waals surface area contributed by atoms with Gasteiger partial charge < -0.3 is 9.13 Å². The second-order valence-corrected chi connectivity index (χ2v) is 7.27. The van der Waals surface area contributed by atoms with Gasteiger partial charge in [0.15, 0.2) is 0 Å². The summed E-state index contributed by atoms with van der Waals surface area (Å²) in [5, 5.41) is 9.55. The summed E-state index contributed by atoms with van der Waals surface area (Å²) in [5.74, 6) is 4.00. The third kappa shape index (κ3) is 2.32. The number of halogens is 1. The van der Waals surface area contributed by atoms with Gasteiger partial charge in [-0.2, -0.15) is 0 Å². The van der Waals surface area contributed by atoms with Crippen LogP contribution in [0.15, 0.2) is 18.2 Å². The Labute approximate surface area is 145 Å². The van der Waals surface area contributed by atoms with Gasteiger partial charge in [0.1, 0.15) is 17.5 Å². The molecule has 1 aliphatic heterocycles. The Balaban J connectivity index is 1.39. The van der Waals surface area contributed by atoms with Crippen LogP contribution in [0.1, 0.15) is 36.2 Å². The molecule has 2 aromatic heterocycles. The predicted octanol–water partition coefficient (Wildman–Crippen LogP) is 2.71. The zero-order valence-electron chi connectivity index (χ0n) is 13.6. The van der Waals surface area contributed by atoms with E-state index >= 15 is 0 Å². The summed E-state index contributed by atoms with van der Waals surface area (Å²) in [6.45, 7) is 3.64. The summed E-state index contributed by atoms with van der Waals surface area (Å²) in [6.07, 6.45) is 2.54. The van der Waals surface area contributed by atoms with E-state index in [1.165, 1.54) is 18.7 Å². The van der Waals surface area contributed by atoms with Crippen molar-refractivity contribution in [1.82, 2.24) is 29.2 Å². The second kappa shape index (κ2) is 5.29. The minimum atomic E-state index is 0.655. The van der Waals surface area contributed by atoms with Gasteiger partial charge in [-0.15, -0.1) is 10.2 Å². The molecule has 0 amide bonds. The Morgan fingerprint density at radius 1 is 1.21 bits per heavy atom. The van der Waals surface area contributed by atoms with Gasteiger partial charge in [0.05, 0.1) is 24.1 Å². The van der Waals surface area contributed by atoms with E-state index in [0.717, 1.165) is 53.9 Å². The molecule has 1 saturated carbocycles. The fourth-order valence-corrected chi connectivity index (χ4v) is 3.74. The fourth-order valence-electron chi connectivity index (χ4n) is 3.57. The van der Waals surface area contributed by atoms with Crippen molar-refractivity contribution in [2.75, 3.05) is 6.54 Å². The highest BCUT2D eigenvalue weighted by Gasteiger charge is 2.32. The molecule has 6 nitrogen and oxygen atoms in total. The zero-order valence-corrected chi connectivity index (χ0v) is 14.4. The van der Waals surface area contributed by atoms with Crippen LogP contribution >= 0.6 is 11.6 Å². The van der Waals surface area contributed by atoms with Gasteiger partial charge in [0.2, 0.25) is 0 Å². The van der Waals surface area contributed by atoms with Gasteiger partial charge in [0, 0.05) is 31.1 Å². The molecule has 1 fully saturated rings. The number of fused-ring (bicyclic) bond motifs is 2. The molecule has 0 atom stereocenters. The lowest BCUT2D eigenvalue weighted by Crippen LogP contribution is -2.34. The Bertz CT molecular complexity index is 923. The minimum Gasteiger partial charge on any atom is -0.330 e. The van der Waals surface area contributed by atoms with Gasteiger partial charge in [0.25, 0.3) is 0 Å². The Hall–Kier alpha value is -1.92. The third-order valence-corrected chi connectivity index (χ3v) is 5.34. The SMILES string of the molecule is Cn1c(CN2CCn3c(nnc3C3CC3)C2)nc2cc(Cl)ccc21.